The van der Waals surface area contributed by atoms with Crippen LogP contribution in [0.4, 0.5) is 0 Å². The number of benzene rings is 2. The number of nitrogens with zero attached hydrogens (tertiary/aromatic N) is 1. The first kappa shape index (κ1) is 17.9. The van der Waals surface area contributed by atoms with Gasteiger partial charge in [0.2, 0.25) is 0 Å². The SMILES string of the molecule is COc1cc2c(cc1OC)C[N@@+]1([O-])CCc3cc(OC)c(OC)cc3[C@@H]1C2. The van der Waals surface area contributed by atoms with Crippen molar-refractivity contribution < 1.29 is 23.6 Å². The predicted molar refractivity (Wildman–Crippen MR) is 101 cm³/mol. The van der Waals surface area contributed by atoms with Gasteiger partial charge in [0.25, 0.3) is 0 Å². The maximum atomic E-state index is 13.7. The minimum absolute atomic E-state index is 0.154. The minimum atomic E-state index is -0.245. The predicted octanol–water partition coefficient (Wildman–Crippen LogP) is 3.39. The van der Waals surface area contributed by atoms with Crippen molar-refractivity contribution in [2.75, 3.05) is 35.0 Å². The average Bonchev–Trinajstić information content (AvgIpc) is 2.69. The highest BCUT2D eigenvalue weighted by Gasteiger charge is 2.41. The van der Waals surface area contributed by atoms with Crippen LogP contribution < -0.4 is 18.9 Å². The van der Waals surface area contributed by atoms with Gasteiger partial charge >= 0.3 is 0 Å². The van der Waals surface area contributed by atoms with Crippen LogP contribution in [0, 0.1) is 5.21 Å². The largest absolute Gasteiger partial charge is 0.632 e. The third-order valence-electron chi connectivity index (χ3n) is 5.89. The molecule has 0 spiro atoms. The van der Waals surface area contributed by atoms with Gasteiger partial charge in [0.05, 0.1) is 35.0 Å². The van der Waals surface area contributed by atoms with Gasteiger partial charge in [0.1, 0.15) is 12.6 Å². The summed E-state index contributed by atoms with van der Waals surface area (Å²) >= 11 is 0. The maximum absolute atomic E-state index is 13.7. The van der Waals surface area contributed by atoms with Crippen molar-refractivity contribution in [1.29, 1.82) is 0 Å². The zero-order valence-corrected chi connectivity index (χ0v) is 16.2. The van der Waals surface area contributed by atoms with Crippen molar-refractivity contribution in [3.8, 4) is 23.0 Å². The molecule has 0 saturated carbocycles. The maximum Gasteiger partial charge on any atom is 0.161 e. The highest BCUT2D eigenvalue weighted by atomic mass is 16.5. The van der Waals surface area contributed by atoms with E-state index in [1.807, 2.05) is 24.3 Å². The van der Waals surface area contributed by atoms with E-state index in [-0.39, 0.29) is 10.7 Å². The Bertz CT molecular complexity index is 881. The number of ether oxygens (including phenoxy) is 4. The molecule has 0 radical (unpaired) electrons. The second-order valence-electron chi connectivity index (χ2n) is 7.19. The highest BCUT2D eigenvalue weighted by Crippen LogP contribution is 2.47. The van der Waals surface area contributed by atoms with Gasteiger partial charge in [-0.15, -0.1) is 0 Å². The van der Waals surface area contributed by atoms with E-state index >= 15 is 0 Å². The molecule has 0 bridgehead atoms. The van der Waals surface area contributed by atoms with Crippen LogP contribution in [0.5, 0.6) is 23.0 Å². The molecule has 6 nitrogen and oxygen atoms in total. The lowest BCUT2D eigenvalue weighted by Crippen LogP contribution is -2.52. The molecule has 0 amide bonds. The zero-order chi connectivity index (χ0) is 19.2. The quantitative estimate of drug-likeness (QED) is 0.609. The monoisotopic (exact) mass is 371 g/mol. The first-order valence-electron chi connectivity index (χ1n) is 9.09. The van der Waals surface area contributed by atoms with Crippen LogP contribution >= 0.6 is 0 Å². The summed E-state index contributed by atoms with van der Waals surface area (Å²) < 4.78 is 21.5. The number of hydroxylamine groups is 3. The highest BCUT2D eigenvalue weighted by molar-refractivity contribution is 5.52. The third kappa shape index (κ3) is 2.80. The van der Waals surface area contributed by atoms with Gasteiger partial charge < -0.3 is 28.8 Å². The number of fused-ring (bicyclic) bond motifs is 4. The topological polar surface area (TPSA) is 60.0 Å². The van der Waals surface area contributed by atoms with E-state index in [9.17, 15) is 5.21 Å². The lowest BCUT2D eigenvalue weighted by molar-refractivity contribution is -0.928. The van der Waals surface area contributed by atoms with Crippen LogP contribution in [0.2, 0.25) is 0 Å². The number of quaternary nitrogens is 1. The Morgan fingerprint density at radius 1 is 0.778 bits per heavy atom. The molecule has 4 rings (SSSR count). The van der Waals surface area contributed by atoms with Gasteiger partial charge in [0.15, 0.2) is 23.0 Å². The molecule has 6 heteroatoms. The molecule has 2 aliphatic heterocycles. The Labute approximate surface area is 159 Å². The van der Waals surface area contributed by atoms with Crippen molar-refractivity contribution >= 4 is 0 Å². The van der Waals surface area contributed by atoms with E-state index < -0.39 is 0 Å². The average molecular weight is 371 g/mol. The second-order valence-corrected chi connectivity index (χ2v) is 7.19. The summed E-state index contributed by atoms with van der Waals surface area (Å²) in [5, 5.41) is 13.7. The molecule has 2 aromatic rings. The van der Waals surface area contributed by atoms with E-state index in [2.05, 4.69) is 0 Å². The molecule has 0 N–H and O–H groups in total. The summed E-state index contributed by atoms with van der Waals surface area (Å²) in [6.07, 6.45) is 1.40. The molecule has 0 aliphatic carbocycles. The fraction of sp³-hybridized carbons (Fsp3) is 0.429. The summed E-state index contributed by atoms with van der Waals surface area (Å²) in [7, 11) is 6.51. The number of hydrogen-bond donors (Lipinski definition) is 0. The summed E-state index contributed by atoms with van der Waals surface area (Å²) in [5.41, 5.74) is 4.42. The third-order valence-corrected chi connectivity index (χ3v) is 5.89. The standard InChI is InChI=1S/C21H25NO5/c1-24-18-8-13-5-6-22(23)12-15-10-20(26-3)19(25-2)9-14(15)7-17(22)16(13)11-21(18)27-4/h8-11,17H,5-7,12H2,1-4H3/t17-,22-/m0/s1. The Hall–Kier alpha value is -2.44. The molecule has 2 aliphatic rings. The molecule has 0 saturated heterocycles. The lowest BCUT2D eigenvalue weighted by Gasteiger charge is -2.54. The van der Waals surface area contributed by atoms with Crippen LogP contribution in [0.15, 0.2) is 24.3 Å². The first-order valence-corrected chi connectivity index (χ1v) is 9.09. The van der Waals surface area contributed by atoms with E-state index in [4.69, 9.17) is 18.9 Å². The van der Waals surface area contributed by atoms with Crippen molar-refractivity contribution in [2.45, 2.75) is 25.4 Å². The molecule has 2 heterocycles. The molecule has 0 unspecified atom stereocenters. The molecule has 2 atom stereocenters. The fourth-order valence-electron chi connectivity index (χ4n) is 4.45. The molecule has 0 fully saturated rings. The van der Waals surface area contributed by atoms with Crippen molar-refractivity contribution in [1.82, 2.24) is 0 Å². The Kier molecular flexibility index (Phi) is 4.40. The summed E-state index contributed by atoms with van der Waals surface area (Å²) in [6, 6.07) is 7.80. The first-order chi connectivity index (χ1) is 13.0. The molecular weight excluding hydrogens is 346 g/mol. The van der Waals surface area contributed by atoms with Crippen LogP contribution in [0.3, 0.4) is 0 Å². The van der Waals surface area contributed by atoms with Gasteiger partial charge in [-0.3, -0.25) is 0 Å². The Balaban J connectivity index is 1.80. The van der Waals surface area contributed by atoms with Crippen molar-refractivity contribution in [2.24, 2.45) is 0 Å². The minimum Gasteiger partial charge on any atom is -0.632 e. The van der Waals surface area contributed by atoms with Gasteiger partial charge in [-0.05, 0) is 35.4 Å². The number of hydrogen-bond acceptors (Lipinski definition) is 5. The molecule has 2 aromatic carbocycles. The normalized spacial score (nSPS) is 22.9. The van der Waals surface area contributed by atoms with Gasteiger partial charge in [0, 0.05) is 24.0 Å². The van der Waals surface area contributed by atoms with Crippen LogP contribution in [0.1, 0.15) is 28.3 Å². The van der Waals surface area contributed by atoms with Gasteiger partial charge in [-0.25, -0.2) is 0 Å². The number of rotatable bonds is 4. The molecule has 0 aromatic heterocycles. The summed E-state index contributed by atoms with van der Waals surface area (Å²) in [4.78, 5) is 0. The molecule has 144 valence electrons. The second kappa shape index (κ2) is 6.62. The molecular formula is C21H25NO5. The Morgan fingerprint density at radius 3 is 1.89 bits per heavy atom. The summed E-state index contributed by atoms with van der Waals surface area (Å²) in [6.45, 7) is 0.995. The zero-order valence-electron chi connectivity index (χ0n) is 16.2. The van der Waals surface area contributed by atoms with Gasteiger partial charge in [-0.1, -0.05) is 0 Å². The fourth-order valence-corrected chi connectivity index (χ4v) is 4.45. The number of methoxy groups -OCH3 is 4. The van der Waals surface area contributed by atoms with E-state index in [1.165, 1.54) is 5.56 Å². The van der Waals surface area contributed by atoms with Crippen LogP contribution in [0.25, 0.3) is 0 Å². The van der Waals surface area contributed by atoms with Gasteiger partial charge in [-0.2, -0.15) is 0 Å². The molecule has 27 heavy (non-hydrogen) atoms. The van der Waals surface area contributed by atoms with Crippen molar-refractivity contribution in [3.63, 3.8) is 0 Å². The smallest absolute Gasteiger partial charge is 0.161 e. The van der Waals surface area contributed by atoms with E-state index in [1.54, 1.807) is 28.4 Å². The Morgan fingerprint density at radius 2 is 1.30 bits per heavy atom. The van der Waals surface area contributed by atoms with E-state index in [0.29, 0.717) is 42.5 Å². The van der Waals surface area contributed by atoms with Crippen LogP contribution in [-0.4, -0.2) is 39.6 Å². The lowest BCUT2D eigenvalue weighted by atomic mass is 9.83. The van der Waals surface area contributed by atoms with Crippen molar-refractivity contribution in [3.05, 3.63) is 51.7 Å². The van der Waals surface area contributed by atoms with E-state index in [0.717, 1.165) is 23.1 Å². The summed E-state index contributed by atoms with van der Waals surface area (Å²) in [5.74, 6) is 2.75. The van der Waals surface area contributed by atoms with Crippen LogP contribution in [-0.2, 0) is 19.4 Å².